The molecule has 5 heteroatoms. The predicted octanol–water partition coefficient (Wildman–Crippen LogP) is 4.06. The number of hydrazine groups is 1. The van der Waals surface area contributed by atoms with Crippen LogP contribution in [0.5, 0.6) is 0 Å². The summed E-state index contributed by atoms with van der Waals surface area (Å²) in [5, 5.41) is 1.01. The van der Waals surface area contributed by atoms with Gasteiger partial charge in [-0.3, -0.25) is 5.84 Å². The molecule has 0 aliphatic rings. The van der Waals surface area contributed by atoms with Crippen LogP contribution < -0.4 is 11.3 Å². The summed E-state index contributed by atoms with van der Waals surface area (Å²) in [5.41, 5.74) is 5.70. The first-order valence-corrected chi connectivity index (χ1v) is 6.69. The minimum absolute atomic E-state index is 0.247. The Balaban J connectivity index is 2.60. The molecule has 102 valence electrons. The van der Waals surface area contributed by atoms with Crippen LogP contribution >= 0.6 is 23.2 Å². The first kappa shape index (κ1) is 14.4. The van der Waals surface area contributed by atoms with Crippen LogP contribution in [0.25, 0.3) is 0 Å². The summed E-state index contributed by atoms with van der Waals surface area (Å²) >= 11 is 12.3. The molecule has 0 saturated carbocycles. The Bertz CT molecular complexity index is 608. The Morgan fingerprint density at radius 2 is 1.84 bits per heavy atom. The van der Waals surface area contributed by atoms with Crippen molar-refractivity contribution in [2.24, 2.45) is 5.84 Å². The van der Waals surface area contributed by atoms with Crippen LogP contribution in [0.3, 0.4) is 0 Å². The Morgan fingerprint density at radius 1 is 1.16 bits per heavy atom. The number of nitrogens with two attached hydrogens (primary N) is 1. The van der Waals surface area contributed by atoms with E-state index in [1.54, 1.807) is 6.07 Å². The number of hydrogen-bond acceptors (Lipinski definition) is 3. The van der Waals surface area contributed by atoms with Crippen molar-refractivity contribution in [2.45, 2.75) is 26.8 Å². The summed E-state index contributed by atoms with van der Waals surface area (Å²) in [6.07, 6.45) is 0. The fourth-order valence-corrected chi connectivity index (χ4v) is 2.72. The summed E-state index contributed by atoms with van der Waals surface area (Å²) < 4.78 is 5.65. The average molecular weight is 299 g/mol. The zero-order valence-corrected chi connectivity index (χ0v) is 12.6. The highest BCUT2D eigenvalue weighted by Crippen LogP contribution is 2.36. The lowest BCUT2D eigenvalue weighted by Gasteiger charge is -2.19. The molecule has 2 aromatic rings. The standard InChI is InChI=1S/C14H16Cl2N2O/c1-7-8(2)19-9(3)12(7)14(18-17)10-5-4-6-11(15)13(10)16/h4-6,14,18H,17H2,1-3H3. The molecule has 0 saturated heterocycles. The van der Waals surface area contributed by atoms with E-state index in [4.69, 9.17) is 33.5 Å². The van der Waals surface area contributed by atoms with Crippen molar-refractivity contribution in [3.63, 3.8) is 0 Å². The molecule has 3 nitrogen and oxygen atoms in total. The van der Waals surface area contributed by atoms with Gasteiger partial charge in [-0.1, -0.05) is 35.3 Å². The molecule has 0 amide bonds. The van der Waals surface area contributed by atoms with Gasteiger partial charge >= 0.3 is 0 Å². The van der Waals surface area contributed by atoms with Crippen LogP contribution in [0.15, 0.2) is 22.6 Å². The third kappa shape index (κ3) is 2.51. The van der Waals surface area contributed by atoms with E-state index in [9.17, 15) is 0 Å². The van der Waals surface area contributed by atoms with Gasteiger partial charge < -0.3 is 4.42 Å². The molecular weight excluding hydrogens is 283 g/mol. The Morgan fingerprint density at radius 3 is 2.37 bits per heavy atom. The van der Waals surface area contributed by atoms with Crippen LogP contribution in [0, 0.1) is 20.8 Å². The van der Waals surface area contributed by atoms with E-state index >= 15 is 0 Å². The molecular formula is C14H16Cl2N2O. The maximum absolute atomic E-state index is 6.27. The van der Waals surface area contributed by atoms with Crippen LogP contribution in [0.2, 0.25) is 10.0 Å². The second-order valence-electron chi connectivity index (χ2n) is 4.50. The van der Waals surface area contributed by atoms with Crippen molar-refractivity contribution in [1.29, 1.82) is 0 Å². The molecule has 1 unspecified atom stereocenters. The molecule has 1 atom stereocenters. The molecule has 0 aliphatic carbocycles. The zero-order chi connectivity index (χ0) is 14.2. The largest absolute Gasteiger partial charge is 0.466 e. The highest BCUT2D eigenvalue weighted by Gasteiger charge is 2.24. The van der Waals surface area contributed by atoms with Gasteiger partial charge in [-0.25, -0.2) is 5.43 Å². The molecule has 0 aliphatic heterocycles. The summed E-state index contributed by atoms with van der Waals surface area (Å²) in [5.74, 6) is 7.42. The lowest BCUT2D eigenvalue weighted by Crippen LogP contribution is -2.29. The van der Waals surface area contributed by atoms with Gasteiger partial charge in [-0.05, 0) is 38.0 Å². The smallest absolute Gasteiger partial charge is 0.106 e. The van der Waals surface area contributed by atoms with Gasteiger partial charge in [0.2, 0.25) is 0 Å². The quantitative estimate of drug-likeness (QED) is 0.663. The summed E-state index contributed by atoms with van der Waals surface area (Å²) in [7, 11) is 0. The molecule has 1 aromatic heterocycles. The number of halogens is 2. The van der Waals surface area contributed by atoms with Crippen LogP contribution in [0.4, 0.5) is 0 Å². The van der Waals surface area contributed by atoms with E-state index in [-0.39, 0.29) is 6.04 Å². The third-order valence-corrected chi connectivity index (χ3v) is 4.20. The van der Waals surface area contributed by atoms with Gasteiger partial charge in [0.25, 0.3) is 0 Å². The summed E-state index contributed by atoms with van der Waals surface area (Å²) in [4.78, 5) is 0. The topological polar surface area (TPSA) is 51.2 Å². The lowest BCUT2D eigenvalue weighted by atomic mass is 9.96. The average Bonchev–Trinajstić information content (AvgIpc) is 2.62. The van der Waals surface area contributed by atoms with Crippen molar-refractivity contribution in [2.75, 3.05) is 0 Å². The number of benzene rings is 1. The number of aryl methyl sites for hydroxylation is 2. The predicted molar refractivity (Wildman–Crippen MR) is 78.5 cm³/mol. The van der Waals surface area contributed by atoms with E-state index in [0.717, 1.165) is 28.2 Å². The molecule has 0 radical (unpaired) electrons. The summed E-state index contributed by atoms with van der Waals surface area (Å²) in [6, 6.07) is 5.26. The van der Waals surface area contributed by atoms with Gasteiger partial charge in [0, 0.05) is 5.56 Å². The summed E-state index contributed by atoms with van der Waals surface area (Å²) in [6.45, 7) is 5.85. The van der Waals surface area contributed by atoms with E-state index < -0.39 is 0 Å². The SMILES string of the molecule is Cc1oc(C)c(C(NN)c2cccc(Cl)c2Cl)c1C. The van der Waals surface area contributed by atoms with Gasteiger partial charge in [0.1, 0.15) is 11.5 Å². The first-order valence-electron chi connectivity index (χ1n) is 5.93. The van der Waals surface area contributed by atoms with Crippen molar-refractivity contribution < 1.29 is 4.42 Å². The van der Waals surface area contributed by atoms with Crippen LogP contribution in [0.1, 0.15) is 34.3 Å². The second kappa shape index (κ2) is 5.55. The number of nitrogens with one attached hydrogen (secondary N) is 1. The molecule has 0 bridgehead atoms. The van der Waals surface area contributed by atoms with Crippen molar-refractivity contribution in [3.05, 3.63) is 56.5 Å². The third-order valence-electron chi connectivity index (χ3n) is 3.37. The fraction of sp³-hybridized carbons (Fsp3) is 0.286. The normalized spacial score (nSPS) is 12.7. The minimum Gasteiger partial charge on any atom is -0.466 e. The molecule has 2 rings (SSSR count). The van der Waals surface area contributed by atoms with Gasteiger partial charge in [-0.15, -0.1) is 0 Å². The molecule has 0 fully saturated rings. The number of hydrogen-bond donors (Lipinski definition) is 2. The van der Waals surface area contributed by atoms with Crippen molar-refractivity contribution >= 4 is 23.2 Å². The minimum atomic E-state index is -0.247. The van der Waals surface area contributed by atoms with E-state index in [1.807, 2.05) is 32.9 Å². The number of furan rings is 1. The Kier molecular flexibility index (Phi) is 4.21. The maximum Gasteiger partial charge on any atom is 0.106 e. The van der Waals surface area contributed by atoms with Crippen LogP contribution in [-0.2, 0) is 0 Å². The first-order chi connectivity index (χ1) is 8.97. The second-order valence-corrected chi connectivity index (χ2v) is 5.28. The van der Waals surface area contributed by atoms with Gasteiger partial charge in [0.15, 0.2) is 0 Å². The monoisotopic (exact) mass is 298 g/mol. The highest BCUT2D eigenvalue weighted by molar-refractivity contribution is 6.42. The zero-order valence-electron chi connectivity index (χ0n) is 11.1. The van der Waals surface area contributed by atoms with E-state index in [0.29, 0.717) is 10.0 Å². The highest BCUT2D eigenvalue weighted by atomic mass is 35.5. The Hall–Kier alpha value is -1.000. The molecule has 3 N–H and O–H groups in total. The molecule has 19 heavy (non-hydrogen) atoms. The van der Waals surface area contributed by atoms with E-state index in [1.165, 1.54) is 0 Å². The molecule has 1 heterocycles. The van der Waals surface area contributed by atoms with Crippen LogP contribution in [-0.4, -0.2) is 0 Å². The molecule has 0 spiro atoms. The van der Waals surface area contributed by atoms with Gasteiger partial charge in [0.05, 0.1) is 16.1 Å². The van der Waals surface area contributed by atoms with E-state index in [2.05, 4.69) is 5.43 Å². The Labute approximate surface area is 122 Å². The lowest BCUT2D eigenvalue weighted by molar-refractivity contribution is 0.494. The fourth-order valence-electron chi connectivity index (χ4n) is 2.31. The number of rotatable bonds is 3. The van der Waals surface area contributed by atoms with Crippen molar-refractivity contribution in [3.8, 4) is 0 Å². The van der Waals surface area contributed by atoms with Crippen molar-refractivity contribution in [1.82, 2.24) is 5.43 Å². The van der Waals surface area contributed by atoms with Gasteiger partial charge in [-0.2, -0.15) is 0 Å². The molecule has 1 aromatic carbocycles. The maximum atomic E-state index is 6.27.